The number of hydrogen-bond donors (Lipinski definition) is 1. The maximum absolute atomic E-state index is 13.3. The minimum atomic E-state index is -4.78. The zero-order valence-corrected chi connectivity index (χ0v) is 18.7. The summed E-state index contributed by atoms with van der Waals surface area (Å²) in [5, 5.41) is 2.78. The standard InChI is InChI=1S/C21H28F3N3O4S/c1-2-25-19(28)16-6-5-11-26(14-16)20(29)15-9-12-27(13-10-15)32(30,31)18-8-4-3-7-17(18)21(22,23)24/h3-4,7-8,15-16H,2,5-6,9-14H2,1H3,(H,25,28). The summed E-state index contributed by atoms with van der Waals surface area (Å²) in [5.74, 6) is -0.861. The second kappa shape index (κ2) is 9.78. The zero-order valence-electron chi connectivity index (χ0n) is 17.9. The molecule has 1 aromatic carbocycles. The third-order valence-electron chi connectivity index (χ3n) is 6.07. The fourth-order valence-corrected chi connectivity index (χ4v) is 6.06. The van der Waals surface area contributed by atoms with E-state index in [0.29, 0.717) is 26.1 Å². The molecule has 2 fully saturated rings. The second-order valence-electron chi connectivity index (χ2n) is 8.19. The van der Waals surface area contributed by atoms with Gasteiger partial charge in [0.15, 0.2) is 0 Å². The molecule has 2 aliphatic rings. The van der Waals surface area contributed by atoms with Crippen molar-refractivity contribution < 1.29 is 31.2 Å². The van der Waals surface area contributed by atoms with Crippen molar-refractivity contribution in [2.45, 2.75) is 43.7 Å². The molecule has 0 aliphatic carbocycles. The van der Waals surface area contributed by atoms with Gasteiger partial charge in [-0.2, -0.15) is 17.5 Å². The van der Waals surface area contributed by atoms with E-state index in [4.69, 9.17) is 0 Å². The monoisotopic (exact) mass is 475 g/mol. The first-order chi connectivity index (χ1) is 15.1. The topological polar surface area (TPSA) is 86.8 Å². The van der Waals surface area contributed by atoms with Crippen molar-refractivity contribution in [3.05, 3.63) is 29.8 Å². The van der Waals surface area contributed by atoms with Crippen molar-refractivity contribution in [1.82, 2.24) is 14.5 Å². The van der Waals surface area contributed by atoms with Crippen LogP contribution >= 0.6 is 0 Å². The van der Waals surface area contributed by atoms with E-state index in [1.807, 2.05) is 6.92 Å². The number of alkyl halides is 3. The van der Waals surface area contributed by atoms with Crippen molar-refractivity contribution in [1.29, 1.82) is 0 Å². The number of halogens is 3. The molecule has 1 atom stereocenters. The van der Waals surface area contributed by atoms with E-state index in [9.17, 15) is 31.2 Å². The fraction of sp³-hybridized carbons (Fsp3) is 0.619. The number of nitrogens with zero attached hydrogens (tertiary/aromatic N) is 2. The predicted molar refractivity (Wildman–Crippen MR) is 111 cm³/mol. The molecule has 7 nitrogen and oxygen atoms in total. The van der Waals surface area contributed by atoms with E-state index in [2.05, 4.69) is 5.32 Å². The molecule has 1 unspecified atom stereocenters. The lowest BCUT2D eigenvalue weighted by Crippen LogP contribution is -2.49. The molecule has 11 heteroatoms. The van der Waals surface area contributed by atoms with Crippen LogP contribution in [0.15, 0.2) is 29.2 Å². The first-order valence-electron chi connectivity index (χ1n) is 10.8. The molecule has 1 N–H and O–H groups in total. The Kier molecular flexibility index (Phi) is 7.49. The van der Waals surface area contributed by atoms with Gasteiger partial charge in [-0.05, 0) is 44.7 Å². The quantitative estimate of drug-likeness (QED) is 0.709. The van der Waals surface area contributed by atoms with Crippen LogP contribution in [0, 0.1) is 11.8 Å². The number of carbonyl (C=O) groups excluding carboxylic acids is 2. The number of piperidine rings is 2. The molecule has 2 amide bonds. The van der Waals surface area contributed by atoms with E-state index >= 15 is 0 Å². The maximum Gasteiger partial charge on any atom is 0.417 e. The molecule has 32 heavy (non-hydrogen) atoms. The summed E-state index contributed by atoms with van der Waals surface area (Å²) < 4.78 is 66.7. The van der Waals surface area contributed by atoms with Gasteiger partial charge < -0.3 is 10.2 Å². The average molecular weight is 476 g/mol. The first kappa shape index (κ1) is 24.5. The number of hydrogen-bond acceptors (Lipinski definition) is 4. The molecule has 0 spiro atoms. The summed E-state index contributed by atoms with van der Waals surface area (Å²) in [6, 6.07) is 4.13. The van der Waals surface area contributed by atoms with Gasteiger partial charge in [0.1, 0.15) is 0 Å². The lowest BCUT2D eigenvalue weighted by molar-refractivity contribution is -0.140. The Labute approximate surface area is 186 Å². The molecule has 0 aromatic heterocycles. The molecule has 3 rings (SSSR count). The van der Waals surface area contributed by atoms with Gasteiger partial charge in [0.2, 0.25) is 21.8 Å². The maximum atomic E-state index is 13.3. The summed E-state index contributed by atoms with van der Waals surface area (Å²) in [6.45, 7) is 3.18. The Bertz CT molecular complexity index is 944. The minimum absolute atomic E-state index is 0.0292. The van der Waals surface area contributed by atoms with Crippen molar-refractivity contribution >= 4 is 21.8 Å². The van der Waals surface area contributed by atoms with E-state index in [0.717, 1.165) is 28.9 Å². The molecule has 0 radical (unpaired) electrons. The Morgan fingerprint density at radius 1 is 1.06 bits per heavy atom. The van der Waals surface area contributed by atoms with Crippen LogP contribution in [0.5, 0.6) is 0 Å². The van der Waals surface area contributed by atoms with Crippen LogP contribution in [-0.4, -0.2) is 62.2 Å². The molecule has 0 bridgehead atoms. The van der Waals surface area contributed by atoms with Crippen LogP contribution in [-0.2, 0) is 25.8 Å². The molecule has 178 valence electrons. The van der Waals surface area contributed by atoms with Crippen molar-refractivity contribution in [3.63, 3.8) is 0 Å². The zero-order chi connectivity index (χ0) is 23.5. The Morgan fingerprint density at radius 3 is 2.34 bits per heavy atom. The van der Waals surface area contributed by atoms with Crippen LogP contribution in [0.2, 0.25) is 0 Å². The molecule has 2 aliphatic heterocycles. The van der Waals surface area contributed by atoms with E-state index < -0.39 is 32.6 Å². The molecule has 2 heterocycles. The molecule has 0 saturated carbocycles. The van der Waals surface area contributed by atoms with Gasteiger partial charge in [-0.25, -0.2) is 8.42 Å². The highest BCUT2D eigenvalue weighted by Gasteiger charge is 2.41. The third-order valence-corrected chi connectivity index (χ3v) is 8.03. The van der Waals surface area contributed by atoms with E-state index in [1.165, 1.54) is 6.07 Å². The lowest BCUT2D eigenvalue weighted by Gasteiger charge is -2.37. The summed E-state index contributed by atoms with van der Waals surface area (Å²) in [5.41, 5.74) is -1.19. The Morgan fingerprint density at radius 2 is 1.72 bits per heavy atom. The largest absolute Gasteiger partial charge is 0.417 e. The van der Waals surface area contributed by atoms with Crippen molar-refractivity contribution in [3.8, 4) is 0 Å². The smallest absolute Gasteiger partial charge is 0.356 e. The highest BCUT2D eigenvalue weighted by Crippen LogP contribution is 2.36. The minimum Gasteiger partial charge on any atom is -0.356 e. The van der Waals surface area contributed by atoms with Crippen LogP contribution in [0.25, 0.3) is 0 Å². The number of sulfonamides is 1. The summed E-state index contributed by atoms with van der Waals surface area (Å²) >= 11 is 0. The number of carbonyl (C=O) groups is 2. The van der Waals surface area contributed by atoms with Gasteiger partial charge in [-0.3, -0.25) is 9.59 Å². The highest BCUT2D eigenvalue weighted by atomic mass is 32.2. The first-order valence-corrected chi connectivity index (χ1v) is 12.2. The number of benzene rings is 1. The number of nitrogens with one attached hydrogen (secondary N) is 1. The lowest BCUT2D eigenvalue weighted by atomic mass is 9.92. The van der Waals surface area contributed by atoms with E-state index in [-0.39, 0.29) is 43.7 Å². The molecule has 1 aromatic rings. The molecular formula is C21H28F3N3O4S. The van der Waals surface area contributed by atoms with Gasteiger partial charge in [0.05, 0.1) is 16.4 Å². The summed E-state index contributed by atoms with van der Waals surface area (Å²) in [7, 11) is -4.34. The summed E-state index contributed by atoms with van der Waals surface area (Å²) in [4.78, 5) is 26.0. The van der Waals surface area contributed by atoms with Crippen LogP contribution < -0.4 is 5.32 Å². The Hall–Kier alpha value is -2.14. The van der Waals surface area contributed by atoms with Gasteiger partial charge in [-0.1, -0.05) is 12.1 Å². The van der Waals surface area contributed by atoms with Gasteiger partial charge in [-0.15, -0.1) is 0 Å². The van der Waals surface area contributed by atoms with Crippen LogP contribution in [0.4, 0.5) is 13.2 Å². The SMILES string of the molecule is CCNC(=O)C1CCCN(C(=O)C2CCN(S(=O)(=O)c3ccccc3C(F)(F)F)CC2)C1. The van der Waals surface area contributed by atoms with Crippen molar-refractivity contribution in [2.24, 2.45) is 11.8 Å². The number of likely N-dealkylation sites (tertiary alicyclic amines) is 1. The molecular weight excluding hydrogens is 447 g/mol. The van der Waals surface area contributed by atoms with Crippen LogP contribution in [0.3, 0.4) is 0 Å². The summed E-state index contributed by atoms with van der Waals surface area (Å²) in [6.07, 6.45) is -2.89. The predicted octanol–water partition coefficient (Wildman–Crippen LogP) is 2.48. The number of amides is 2. The third kappa shape index (κ3) is 5.25. The highest BCUT2D eigenvalue weighted by molar-refractivity contribution is 7.89. The number of rotatable bonds is 5. The van der Waals surface area contributed by atoms with Gasteiger partial charge in [0.25, 0.3) is 0 Å². The normalized spacial score (nSPS) is 21.4. The van der Waals surface area contributed by atoms with Gasteiger partial charge >= 0.3 is 6.18 Å². The van der Waals surface area contributed by atoms with Gasteiger partial charge in [0, 0.05) is 38.6 Å². The fourth-order valence-electron chi connectivity index (χ4n) is 4.38. The Balaban J connectivity index is 1.65. The van der Waals surface area contributed by atoms with Crippen LogP contribution in [0.1, 0.15) is 38.2 Å². The second-order valence-corrected chi connectivity index (χ2v) is 10.1. The molecule has 2 saturated heterocycles. The van der Waals surface area contributed by atoms with Crippen molar-refractivity contribution in [2.75, 3.05) is 32.7 Å². The average Bonchev–Trinajstić information content (AvgIpc) is 2.78. The van der Waals surface area contributed by atoms with E-state index in [1.54, 1.807) is 4.90 Å².